The molecule has 2 aromatic heterocycles. The van der Waals surface area contributed by atoms with Gasteiger partial charge in [0.05, 0.1) is 27.8 Å². The first-order valence-electron chi connectivity index (χ1n) is 18.7. The average Bonchev–Trinajstić information content (AvgIpc) is 3.75. The van der Waals surface area contributed by atoms with Crippen molar-refractivity contribution in [1.29, 1.82) is 0 Å². The number of fused-ring (bicyclic) bond motifs is 13. The molecule has 10 aromatic carbocycles. The van der Waals surface area contributed by atoms with E-state index in [1.54, 1.807) is 0 Å². The smallest absolute Gasteiger partial charge is 0.0547 e. The lowest BCUT2D eigenvalue weighted by Gasteiger charge is -2.17. The Bertz CT molecular complexity index is 3490. The monoisotopic (exact) mass is 684 g/mol. The van der Waals surface area contributed by atoms with Crippen molar-refractivity contribution in [3.05, 3.63) is 194 Å². The Morgan fingerprint density at radius 3 is 1.41 bits per heavy atom. The molecule has 0 bridgehead atoms. The minimum atomic E-state index is 1.17. The predicted octanol–water partition coefficient (Wildman–Crippen LogP) is 14.2. The lowest BCUT2D eigenvalue weighted by Crippen LogP contribution is -1.97. The Morgan fingerprint density at radius 1 is 0.259 bits per heavy atom. The fraction of sp³-hybridized carbons (Fsp3) is 0. The molecule has 0 saturated carbocycles. The largest absolute Gasteiger partial charge is 0.309 e. The molecule has 12 aromatic rings. The van der Waals surface area contributed by atoms with E-state index < -0.39 is 0 Å². The third-order valence-corrected chi connectivity index (χ3v) is 11.6. The molecule has 0 N–H and O–H groups in total. The summed E-state index contributed by atoms with van der Waals surface area (Å²) in [6, 6.07) is 71.6. The highest BCUT2D eigenvalue weighted by molar-refractivity contribution is 6.29. The van der Waals surface area contributed by atoms with Crippen LogP contribution in [0, 0.1) is 0 Å². The Balaban J connectivity index is 1.12. The topological polar surface area (TPSA) is 9.86 Å². The molecule has 0 spiro atoms. The number of benzene rings is 10. The zero-order valence-electron chi connectivity index (χ0n) is 29.4. The summed E-state index contributed by atoms with van der Waals surface area (Å²) in [4.78, 5) is 0. The molecule has 0 aliphatic heterocycles. The fourth-order valence-corrected chi connectivity index (χ4v) is 9.27. The van der Waals surface area contributed by atoms with Gasteiger partial charge >= 0.3 is 0 Å². The van der Waals surface area contributed by atoms with Crippen molar-refractivity contribution in [3.63, 3.8) is 0 Å². The van der Waals surface area contributed by atoms with Crippen molar-refractivity contribution in [1.82, 2.24) is 9.13 Å². The van der Waals surface area contributed by atoms with E-state index >= 15 is 0 Å². The van der Waals surface area contributed by atoms with Crippen molar-refractivity contribution in [2.45, 2.75) is 0 Å². The highest BCUT2D eigenvalue weighted by Crippen LogP contribution is 2.43. The molecule has 2 heterocycles. The minimum Gasteiger partial charge on any atom is -0.309 e. The van der Waals surface area contributed by atoms with E-state index in [1.165, 1.54) is 109 Å². The zero-order valence-corrected chi connectivity index (χ0v) is 29.4. The van der Waals surface area contributed by atoms with Gasteiger partial charge in [-0.2, -0.15) is 0 Å². The average molecular weight is 685 g/mol. The van der Waals surface area contributed by atoms with Gasteiger partial charge in [0, 0.05) is 38.0 Å². The van der Waals surface area contributed by atoms with E-state index in [2.05, 4.69) is 203 Å². The molecule has 0 fully saturated rings. The first kappa shape index (κ1) is 29.4. The van der Waals surface area contributed by atoms with Gasteiger partial charge in [-0.3, -0.25) is 0 Å². The highest BCUT2D eigenvalue weighted by atomic mass is 15.0. The molecular weight excluding hydrogens is 653 g/mol. The minimum absolute atomic E-state index is 1.17. The van der Waals surface area contributed by atoms with E-state index in [4.69, 9.17) is 0 Å². The van der Waals surface area contributed by atoms with Gasteiger partial charge in [0.1, 0.15) is 0 Å². The van der Waals surface area contributed by atoms with Crippen LogP contribution in [0.3, 0.4) is 0 Å². The van der Waals surface area contributed by atoms with Crippen LogP contribution in [0.5, 0.6) is 0 Å². The summed E-state index contributed by atoms with van der Waals surface area (Å²) >= 11 is 0. The lowest BCUT2D eigenvalue weighted by atomic mass is 9.92. The molecule has 250 valence electrons. The number of hydrogen-bond donors (Lipinski definition) is 0. The van der Waals surface area contributed by atoms with Gasteiger partial charge in [-0.1, -0.05) is 140 Å². The second kappa shape index (κ2) is 11.2. The number of hydrogen-bond acceptors (Lipinski definition) is 0. The van der Waals surface area contributed by atoms with Crippen molar-refractivity contribution in [2.75, 3.05) is 0 Å². The maximum atomic E-state index is 2.50. The Labute approximate surface area is 311 Å². The van der Waals surface area contributed by atoms with Crippen LogP contribution in [-0.2, 0) is 0 Å². The van der Waals surface area contributed by atoms with Gasteiger partial charge in [0.2, 0.25) is 0 Å². The van der Waals surface area contributed by atoms with E-state index in [1.807, 2.05) is 0 Å². The first-order chi connectivity index (χ1) is 26.8. The molecule has 0 atom stereocenters. The van der Waals surface area contributed by atoms with Crippen LogP contribution in [0.1, 0.15) is 0 Å². The van der Waals surface area contributed by atoms with Crippen LogP contribution in [0.15, 0.2) is 194 Å². The lowest BCUT2D eigenvalue weighted by molar-refractivity contribution is 1.18. The molecule has 0 aliphatic carbocycles. The van der Waals surface area contributed by atoms with Crippen LogP contribution in [0.4, 0.5) is 0 Å². The van der Waals surface area contributed by atoms with Gasteiger partial charge in [0.15, 0.2) is 0 Å². The highest BCUT2D eigenvalue weighted by Gasteiger charge is 2.19. The van der Waals surface area contributed by atoms with Crippen LogP contribution in [0.25, 0.3) is 109 Å². The summed E-state index contributed by atoms with van der Waals surface area (Å²) < 4.78 is 4.88. The van der Waals surface area contributed by atoms with Crippen molar-refractivity contribution < 1.29 is 0 Å². The van der Waals surface area contributed by atoms with Gasteiger partial charge in [-0.15, -0.1) is 0 Å². The second-order valence-electron chi connectivity index (χ2n) is 14.5. The standard InChI is InChI=1S/C52H32N2/c1-2-14-38(15-3-1)53-46-20-10-8-18-41(46)44-30-35(25-28-48(44)53)36-26-29-49-45(31-36)42-19-9-11-21-47(42)54(49)50-32-37-23-22-33-12-4-6-16-39(33)51(37)52-40-17-7-5-13-34(40)24-27-43(50)52/h1-32H. The third-order valence-electron chi connectivity index (χ3n) is 11.6. The van der Waals surface area contributed by atoms with Crippen LogP contribution in [0.2, 0.25) is 0 Å². The summed E-state index contributed by atoms with van der Waals surface area (Å²) in [6.07, 6.45) is 0. The summed E-state index contributed by atoms with van der Waals surface area (Å²) in [5, 5.41) is 15.2. The maximum Gasteiger partial charge on any atom is 0.0547 e. The van der Waals surface area contributed by atoms with Crippen molar-refractivity contribution in [3.8, 4) is 22.5 Å². The summed E-state index contributed by atoms with van der Waals surface area (Å²) in [6.45, 7) is 0. The van der Waals surface area contributed by atoms with Crippen LogP contribution < -0.4 is 0 Å². The predicted molar refractivity (Wildman–Crippen MR) is 231 cm³/mol. The summed E-state index contributed by atoms with van der Waals surface area (Å²) in [5.74, 6) is 0. The molecular formula is C52H32N2. The van der Waals surface area contributed by atoms with E-state index in [9.17, 15) is 0 Å². The number of nitrogens with zero attached hydrogens (tertiary/aromatic N) is 2. The third kappa shape index (κ3) is 4.11. The molecule has 12 rings (SSSR count). The quantitative estimate of drug-likeness (QED) is 0.164. The molecule has 0 aliphatic rings. The molecule has 2 nitrogen and oxygen atoms in total. The van der Waals surface area contributed by atoms with Gasteiger partial charge in [-0.25, -0.2) is 0 Å². The molecule has 0 saturated heterocycles. The number of para-hydroxylation sites is 3. The molecule has 54 heavy (non-hydrogen) atoms. The Kier molecular flexibility index (Phi) is 6.09. The molecule has 2 heteroatoms. The molecule has 0 unspecified atom stereocenters. The Hall–Kier alpha value is -7.16. The fourth-order valence-electron chi connectivity index (χ4n) is 9.27. The zero-order chi connectivity index (χ0) is 35.3. The summed E-state index contributed by atoms with van der Waals surface area (Å²) in [5.41, 5.74) is 9.65. The van der Waals surface area contributed by atoms with Gasteiger partial charge in [-0.05, 0) is 98.0 Å². The van der Waals surface area contributed by atoms with E-state index in [0.29, 0.717) is 0 Å². The van der Waals surface area contributed by atoms with Crippen LogP contribution in [-0.4, -0.2) is 9.13 Å². The van der Waals surface area contributed by atoms with Crippen LogP contribution >= 0.6 is 0 Å². The van der Waals surface area contributed by atoms with Crippen molar-refractivity contribution >= 4 is 86.7 Å². The Morgan fingerprint density at radius 2 is 0.741 bits per heavy atom. The molecule has 0 radical (unpaired) electrons. The molecule has 0 amide bonds. The second-order valence-corrected chi connectivity index (χ2v) is 14.5. The summed E-state index contributed by atoms with van der Waals surface area (Å²) in [7, 11) is 0. The van der Waals surface area contributed by atoms with Gasteiger partial charge < -0.3 is 9.13 Å². The van der Waals surface area contributed by atoms with Gasteiger partial charge in [0.25, 0.3) is 0 Å². The van der Waals surface area contributed by atoms with E-state index in [-0.39, 0.29) is 0 Å². The number of rotatable bonds is 3. The first-order valence-corrected chi connectivity index (χ1v) is 18.7. The maximum absolute atomic E-state index is 2.50. The SMILES string of the molecule is c1ccc(-n2c3ccccc3c3cc(-c4ccc5c(c4)c4ccccc4n5-c4cc5ccc6ccccc6c5c5c4ccc4ccccc45)ccc32)cc1. The van der Waals surface area contributed by atoms with Crippen molar-refractivity contribution in [2.24, 2.45) is 0 Å². The normalized spacial score (nSPS) is 12.1. The number of aromatic nitrogens is 2. The van der Waals surface area contributed by atoms with E-state index in [0.717, 1.165) is 0 Å².